The van der Waals surface area contributed by atoms with Gasteiger partial charge >= 0.3 is 0 Å². The summed E-state index contributed by atoms with van der Waals surface area (Å²) >= 11 is 0. The summed E-state index contributed by atoms with van der Waals surface area (Å²) in [6, 6.07) is 0.417. The van der Waals surface area contributed by atoms with Crippen LogP contribution in [0.3, 0.4) is 0 Å². The van der Waals surface area contributed by atoms with Crippen molar-refractivity contribution in [1.82, 2.24) is 10.2 Å². The van der Waals surface area contributed by atoms with E-state index in [-0.39, 0.29) is 18.3 Å². The number of carbonyl (C=O) groups is 1. The summed E-state index contributed by atoms with van der Waals surface area (Å²) in [5.74, 6) is 0.683. The molecule has 1 fully saturated rings. The second-order valence-electron chi connectivity index (χ2n) is 5.14. The fourth-order valence-electron chi connectivity index (χ4n) is 2.77. The second kappa shape index (κ2) is 11.3. The first-order chi connectivity index (χ1) is 9.22. The van der Waals surface area contributed by atoms with Crippen molar-refractivity contribution in [3.8, 4) is 0 Å². The largest absolute Gasteiger partial charge is 0.379 e. The van der Waals surface area contributed by atoms with E-state index in [2.05, 4.69) is 24.1 Å². The monoisotopic (exact) mass is 307 g/mol. The zero-order chi connectivity index (χ0) is 14.1. The molecular weight excluding hydrogens is 278 g/mol. The lowest BCUT2D eigenvalue weighted by Crippen LogP contribution is -2.52. The molecule has 0 bridgehead atoms. The highest BCUT2D eigenvalue weighted by molar-refractivity contribution is 5.85. The van der Waals surface area contributed by atoms with Gasteiger partial charge in [0, 0.05) is 38.6 Å². The summed E-state index contributed by atoms with van der Waals surface area (Å²) in [6.45, 7) is 9.12. The van der Waals surface area contributed by atoms with Gasteiger partial charge < -0.3 is 15.8 Å². The molecule has 3 N–H and O–H groups in total. The number of halogens is 1. The average Bonchev–Trinajstić information content (AvgIpc) is 2.44. The van der Waals surface area contributed by atoms with Crippen molar-refractivity contribution in [2.75, 3.05) is 39.4 Å². The summed E-state index contributed by atoms with van der Waals surface area (Å²) in [5, 5.41) is 3.03. The summed E-state index contributed by atoms with van der Waals surface area (Å²) in [6.07, 6.45) is 2.70. The van der Waals surface area contributed by atoms with Crippen LogP contribution in [0.15, 0.2) is 0 Å². The van der Waals surface area contributed by atoms with Crippen LogP contribution in [0, 0.1) is 5.92 Å². The summed E-state index contributed by atoms with van der Waals surface area (Å²) in [5.41, 5.74) is 5.40. The highest BCUT2D eigenvalue weighted by atomic mass is 35.5. The van der Waals surface area contributed by atoms with Gasteiger partial charge in [-0.3, -0.25) is 9.69 Å². The van der Waals surface area contributed by atoms with Crippen LogP contribution < -0.4 is 11.1 Å². The molecule has 1 aliphatic heterocycles. The smallest absolute Gasteiger partial charge is 0.221 e. The Kier molecular flexibility index (Phi) is 11.1. The van der Waals surface area contributed by atoms with Crippen LogP contribution >= 0.6 is 12.4 Å². The second-order valence-corrected chi connectivity index (χ2v) is 5.14. The van der Waals surface area contributed by atoms with E-state index in [0.717, 1.165) is 45.7 Å². The van der Waals surface area contributed by atoms with E-state index < -0.39 is 0 Å². The molecule has 1 aliphatic rings. The normalized spacial score (nSPS) is 17.6. The molecule has 0 aromatic rings. The third kappa shape index (κ3) is 6.39. The molecule has 1 atom stereocenters. The third-order valence-corrected chi connectivity index (χ3v) is 3.99. The Morgan fingerprint density at radius 1 is 1.30 bits per heavy atom. The number of ether oxygens (including phenoxy) is 1. The number of carbonyl (C=O) groups excluding carboxylic acids is 1. The van der Waals surface area contributed by atoms with Crippen LogP contribution in [-0.4, -0.2) is 56.2 Å². The van der Waals surface area contributed by atoms with E-state index in [4.69, 9.17) is 10.5 Å². The molecule has 0 aromatic heterocycles. The van der Waals surface area contributed by atoms with Gasteiger partial charge in [-0.1, -0.05) is 26.7 Å². The van der Waals surface area contributed by atoms with Crippen LogP contribution in [0.4, 0.5) is 0 Å². The van der Waals surface area contributed by atoms with Gasteiger partial charge in [-0.25, -0.2) is 0 Å². The molecule has 0 saturated carbocycles. The Balaban J connectivity index is 0.00000361. The first-order valence-corrected chi connectivity index (χ1v) is 7.51. The molecule has 5 nitrogen and oxygen atoms in total. The van der Waals surface area contributed by atoms with Gasteiger partial charge in [-0.05, 0) is 5.92 Å². The topological polar surface area (TPSA) is 67.6 Å². The lowest BCUT2D eigenvalue weighted by atomic mass is 9.92. The zero-order valence-corrected chi connectivity index (χ0v) is 13.6. The molecule has 0 aliphatic carbocycles. The van der Waals surface area contributed by atoms with E-state index in [1.165, 1.54) is 0 Å². The Hall–Kier alpha value is -0.360. The molecule has 120 valence electrons. The van der Waals surface area contributed by atoms with Gasteiger partial charge in [0.1, 0.15) is 0 Å². The van der Waals surface area contributed by atoms with E-state index in [1.54, 1.807) is 0 Å². The Morgan fingerprint density at radius 2 is 1.90 bits per heavy atom. The lowest BCUT2D eigenvalue weighted by molar-refractivity contribution is -0.121. The van der Waals surface area contributed by atoms with Crippen LogP contribution in [0.5, 0.6) is 0 Å². The predicted molar refractivity (Wildman–Crippen MR) is 84.2 cm³/mol. The number of amides is 1. The van der Waals surface area contributed by atoms with Gasteiger partial charge in [-0.2, -0.15) is 0 Å². The number of rotatable bonds is 8. The number of nitrogens with one attached hydrogen (secondary N) is 1. The molecule has 1 heterocycles. The van der Waals surface area contributed by atoms with Crippen LogP contribution in [0.1, 0.15) is 33.1 Å². The predicted octanol–water partition coefficient (Wildman–Crippen LogP) is 1.01. The minimum Gasteiger partial charge on any atom is -0.379 e. The van der Waals surface area contributed by atoms with Crippen molar-refractivity contribution in [3.05, 3.63) is 0 Å². The lowest BCUT2D eigenvalue weighted by Gasteiger charge is -2.38. The molecule has 20 heavy (non-hydrogen) atoms. The molecular formula is C14H30ClN3O2. The number of nitrogens with two attached hydrogens (primary N) is 1. The maximum Gasteiger partial charge on any atom is 0.221 e. The number of hydrogen-bond acceptors (Lipinski definition) is 4. The van der Waals surface area contributed by atoms with E-state index in [9.17, 15) is 4.79 Å². The first-order valence-electron chi connectivity index (χ1n) is 7.51. The Labute approximate surface area is 129 Å². The standard InChI is InChI=1S/C14H29N3O2.ClH/c1-3-12(4-2)13(11-16-14(18)5-6-15)17-7-9-19-10-8-17;/h12-13H,3-11,15H2,1-2H3,(H,16,18);1H. The minimum absolute atomic E-state index is 0. The minimum atomic E-state index is 0. The van der Waals surface area contributed by atoms with Crippen molar-refractivity contribution in [2.24, 2.45) is 11.7 Å². The van der Waals surface area contributed by atoms with Crippen LogP contribution in [-0.2, 0) is 9.53 Å². The van der Waals surface area contributed by atoms with Crippen molar-refractivity contribution in [1.29, 1.82) is 0 Å². The number of hydrogen-bond donors (Lipinski definition) is 2. The maximum absolute atomic E-state index is 11.6. The third-order valence-electron chi connectivity index (χ3n) is 3.99. The highest BCUT2D eigenvalue weighted by Gasteiger charge is 2.27. The molecule has 0 radical (unpaired) electrons. The van der Waals surface area contributed by atoms with Gasteiger partial charge in [0.2, 0.25) is 5.91 Å². The molecule has 0 spiro atoms. The van der Waals surface area contributed by atoms with Gasteiger partial charge in [0.15, 0.2) is 0 Å². The van der Waals surface area contributed by atoms with Crippen molar-refractivity contribution in [3.63, 3.8) is 0 Å². The van der Waals surface area contributed by atoms with Crippen molar-refractivity contribution in [2.45, 2.75) is 39.2 Å². The highest BCUT2D eigenvalue weighted by Crippen LogP contribution is 2.19. The fourth-order valence-corrected chi connectivity index (χ4v) is 2.77. The zero-order valence-electron chi connectivity index (χ0n) is 12.8. The van der Waals surface area contributed by atoms with E-state index in [1.807, 2.05) is 0 Å². The van der Waals surface area contributed by atoms with Crippen molar-refractivity contribution < 1.29 is 9.53 Å². The van der Waals surface area contributed by atoms with Crippen molar-refractivity contribution >= 4 is 18.3 Å². The Morgan fingerprint density at radius 3 is 2.40 bits per heavy atom. The van der Waals surface area contributed by atoms with Gasteiger partial charge in [0.25, 0.3) is 0 Å². The molecule has 1 amide bonds. The first kappa shape index (κ1) is 19.6. The molecule has 1 unspecified atom stereocenters. The molecule has 1 saturated heterocycles. The van der Waals surface area contributed by atoms with Gasteiger partial charge in [0.05, 0.1) is 13.2 Å². The summed E-state index contributed by atoms with van der Waals surface area (Å²) in [4.78, 5) is 14.1. The number of morpholine rings is 1. The van der Waals surface area contributed by atoms with Crippen LogP contribution in [0.2, 0.25) is 0 Å². The van der Waals surface area contributed by atoms with E-state index >= 15 is 0 Å². The molecule has 1 rings (SSSR count). The fraction of sp³-hybridized carbons (Fsp3) is 0.929. The van der Waals surface area contributed by atoms with Gasteiger partial charge in [-0.15, -0.1) is 12.4 Å². The average molecular weight is 308 g/mol. The van der Waals surface area contributed by atoms with E-state index in [0.29, 0.717) is 24.9 Å². The Bertz CT molecular complexity index is 257. The summed E-state index contributed by atoms with van der Waals surface area (Å²) < 4.78 is 5.42. The molecule has 6 heteroatoms. The quantitative estimate of drug-likeness (QED) is 0.702. The SMILES string of the molecule is CCC(CC)C(CNC(=O)CCN)N1CCOCC1.Cl. The number of nitrogens with zero attached hydrogens (tertiary/aromatic N) is 1. The summed E-state index contributed by atoms with van der Waals surface area (Å²) in [7, 11) is 0. The molecule has 0 aromatic carbocycles. The maximum atomic E-state index is 11.6. The van der Waals surface area contributed by atoms with Crippen LogP contribution in [0.25, 0.3) is 0 Å².